The Kier molecular flexibility index (Phi) is 1.57. The highest BCUT2D eigenvalue weighted by atomic mass is 16.6. The average Bonchev–Trinajstić information content (AvgIpc) is 1.56. The summed E-state index contributed by atoms with van der Waals surface area (Å²) >= 11 is 0. The topological polar surface area (TPSA) is 63.5 Å². The first-order chi connectivity index (χ1) is 4.61. The molecule has 0 radical (unpaired) electrons. The van der Waals surface area contributed by atoms with Crippen molar-refractivity contribution in [3.63, 3.8) is 0 Å². The van der Waals surface area contributed by atoms with E-state index in [2.05, 4.69) is 0 Å². The van der Waals surface area contributed by atoms with Crippen molar-refractivity contribution in [3.8, 4) is 0 Å². The van der Waals surface area contributed by atoms with Crippen LogP contribution in [0.4, 0.5) is 0 Å². The third kappa shape index (κ3) is 1.07. The van der Waals surface area contributed by atoms with E-state index in [-0.39, 0.29) is 23.9 Å². The van der Waals surface area contributed by atoms with Gasteiger partial charge in [0.05, 0.1) is 13.1 Å². The summed E-state index contributed by atoms with van der Waals surface area (Å²) in [4.78, 5) is 21.6. The van der Waals surface area contributed by atoms with E-state index < -0.39 is 6.04 Å². The van der Waals surface area contributed by atoms with Gasteiger partial charge in [0.15, 0.2) is 0 Å². The Morgan fingerprint density at radius 2 is 2.20 bits per heavy atom. The minimum atomic E-state index is -0.524. The van der Waals surface area contributed by atoms with Gasteiger partial charge in [-0.3, -0.25) is 14.9 Å². The Morgan fingerprint density at radius 3 is 2.50 bits per heavy atom. The molecule has 0 unspecified atom stereocenters. The molecule has 1 aliphatic heterocycles. The van der Waals surface area contributed by atoms with Gasteiger partial charge < -0.3 is 4.90 Å². The summed E-state index contributed by atoms with van der Waals surface area (Å²) in [6.07, 6.45) is 0. The molecular weight excluding hydrogens is 136 g/mol. The predicted octanol–water partition coefficient (Wildman–Crippen LogP) is -0.506. The minimum Gasteiger partial charge on any atom is -0.329 e. The van der Waals surface area contributed by atoms with Crippen LogP contribution in [-0.2, 0) is 4.79 Å². The lowest BCUT2D eigenvalue weighted by Crippen LogP contribution is -2.56. The summed E-state index contributed by atoms with van der Waals surface area (Å²) in [6, 6.07) is -0.524. The van der Waals surface area contributed by atoms with E-state index in [1.165, 1.54) is 11.8 Å². The van der Waals surface area contributed by atoms with Gasteiger partial charge in [-0.1, -0.05) is 0 Å². The molecule has 0 N–H and O–H groups in total. The minimum absolute atomic E-state index is 0.0851. The van der Waals surface area contributed by atoms with Crippen molar-refractivity contribution in [1.29, 1.82) is 0 Å². The van der Waals surface area contributed by atoms with Crippen molar-refractivity contribution in [2.75, 3.05) is 13.1 Å². The number of amides is 1. The van der Waals surface area contributed by atoms with Crippen molar-refractivity contribution in [2.24, 2.45) is 0 Å². The molecule has 1 fully saturated rings. The molecule has 56 valence electrons. The van der Waals surface area contributed by atoms with E-state index in [9.17, 15) is 14.9 Å². The molecule has 5 heteroatoms. The molecule has 1 amide bonds. The third-order valence-corrected chi connectivity index (χ3v) is 1.61. The molecule has 1 rings (SSSR count). The number of rotatable bonds is 1. The standard InChI is InChI=1S/C5H8N2O3/c1-4(8)6-2-5(3-6)7(9)10/h5H,2-3H2,1H3. The van der Waals surface area contributed by atoms with E-state index in [1.54, 1.807) is 0 Å². The van der Waals surface area contributed by atoms with Crippen LogP contribution >= 0.6 is 0 Å². The van der Waals surface area contributed by atoms with Gasteiger partial charge in [0, 0.05) is 11.8 Å². The van der Waals surface area contributed by atoms with Crippen molar-refractivity contribution in [3.05, 3.63) is 10.1 Å². The number of likely N-dealkylation sites (tertiary alicyclic amines) is 1. The van der Waals surface area contributed by atoms with E-state index in [1.807, 2.05) is 0 Å². The van der Waals surface area contributed by atoms with Crippen LogP contribution in [0.5, 0.6) is 0 Å². The van der Waals surface area contributed by atoms with Gasteiger partial charge in [0.2, 0.25) is 11.9 Å². The van der Waals surface area contributed by atoms with Crippen molar-refractivity contribution in [2.45, 2.75) is 13.0 Å². The first kappa shape index (κ1) is 6.98. The highest BCUT2D eigenvalue weighted by Crippen LogP contribution is 2.09. The molecule has 0 saturated carbocycles. The van der Waals surface area contributed by atoms with E-state index >= 15 is 0 Å². The van der Waals surface area contributed by atoms with E-state index in [4.69, 9.17) is 0 Å². The molecular formula is C5H8N2O3. The molecule has 10 heavy (non-hydrogen) atoms. The normalized spacial score (nSPS) is 18.3. The van der Waals surface area contributed by atoms with Crippen LogP contribution in [0.15, 0.2) is 0 Å². The Labute approximate surface area is 57.8 Å². The molecule has 0 bridgehead atoms. The first-order valence-electron chi connectivity index (χ1n) is 3.00. The zero-order valence-electron chi connectivity index (χ0n) is 5.61. The highest BCUT2D eigenvalue weighted by Gasteiger charge is 2.37. The molecule has 0 atom stereocenters. The van der Waals surface area contributed by atoms with Crippen LogP contribution in [-0.4, -0.2) is 34.9 Å². The summed E-state index contributed by atoms with van der Waals surface area (Å²) in [6.45, 7) is 1.97. The van der Waals surface area contributed by atoms with Crippen LogP contribution < -0.4 is 0 Å². The van der Waals surface area contributed by atoms with Gasteiger partial charge in [-0.25, -0.2) is 0 Å². The van der Waals surface area contributed by atoms with Crippen LogP contribution in [0, 0.1) is 10.1 Å². The number of nitrogens with zero attached hydrogens (tertiary/aromatic N) is 2. The summed E-state index contributed by atoms with van der Waals surface area (Å²) < 4.78 is 0. The Bertz CT molecular complexity index is 156. The zero-order valence-corrected chi connectivity index (χ0v) is 5.61. The third-order valence-electron chi connectivity index (χ3n) is 1.61. The van der Waals surface area contributed by atoms with Gasteiger partial charge in [-0.15, -0.1) is 0 Å². The van der Waals surface area contributed by atoms with Crippen molar-refractivity contribution >= 4 is 5.91 Å². The first-order valence-corrected chi connectivity index (χ1v) is 3.00. The van der Waals surface area contributed by atoms with E-state index in [0.29, 0.717) is 0 Å². The average molecular weight is 144 g/mol. The zero-order chi connectivity index (χ0) is 7.72. The number of hydrogen-bond donors (Lipinski definition) is 0. The van der Waals surface area contributed by atoms with Crippen LogP contribution in [0.2, 0.25) is 0 Å². The van der Waals surface area contributed by atoms with Gasteiger partial charge in [0.25, 0.3) is 0 Å². The van der Waals surface area contributed by atoms with E-state index in [0.717, 1.165) is 0 Å². The number of carbonyl (C=O) groups excluding carboxylic acids is 1. The van der Waals surface area contributed by atoms with Gasteiger partial charge in [-0.2, -0.15) is 0 Å². The van der Waals surface area contributed by atoms with Crippen molar-refractivity contribution in [1.82, 2.24) is 4.90 Å². The maximum Gasteiger partial charge on any atom is 0.247 e. The summed E-state index contributed by atoms with van der Waals surface area (Å²) in [5.74, 6) is -0.0851. The number of nitro groups is 1. The quantitative estimate of drug-likeness (QED) is 0.368. The molecule has 1 aliphatic rings. The molecule has 0 aromatic carbocycles. The maximum atomic E-state index is 10.5. The lowest BCUT2D eigenvalue weighted by atomic mass is 10.1. The fourth-order valence-corrected chi connectivity index (χ4v) is 0.846. The number of hydrogen-bond acceptors (Lipinski definition) is 3. The Hall–Kier alpha value is -1.13. The number of carbonyl (C=O) groups is 1. The van der Waals surface area contributed by atoms with Crippen molar-refractivity contribution < 1.29 is 9.72 Å². The second-order valence-corrected chi connectivity index (χ2v) is 2.36. The molecule has 0 aliphatic carbocycles. The van der Waals surface area contributed by atoms with Crippen LogP contribution in [0.3, 0.4) is 0 Å². The van der Waals surface area contributed by atoms with Gasteiger partial charge in [0.1, 0.15) is 0 Å². The molecule has 1 saturated heterocycles. The Morgan fingerprint density at radius 1 is 1.70 bits per heavy atom. The van der Waals surface area contributed by atoms with Gasteiger partial charge >= 0.3 is 0 Å². The molecule has 0 aromatic heterocycles. The summed E-state index contributed by atoms with van der Waals surface area (Å²) in [5, 5.41) is 10.0. The smallest absolute Gasteiger partial charge is 0.247 e. The highest BCUT2D eigenvalue weighted by molar-refractivity contribution is 5.74. The lowest BCUT2D eigenvalue weighted by molar-refractivity contribution is -0.536. The fraction of sp³-hybridized carbons (Fsp3) is 0.800. The Balaban J connectivity index is 2.31. The van der Waals surface area contributed by atoms with Crippen LogP contribution in [0.1, 0.15) is 6.92 Å². The molecule has 1 heterocycles. The molecule has 0 aromatic rings. The second kappa shape index (κ2) is 2.24. The maximum absolute atomic E-state index is 10.5. The molecule has 5 nitrogen and oxygen atoms in total. The van der Waals surface area contributed by atoms with Crippen LogP contribution in [0.25, 0.3) is 0 Å². The monoisotopic (exact) mass is 144 g/mol. The second-order valence-electron chi connectivity index (χ2n) is 2.36. The predicted molar refractivity (Wildman–Crippen MR) is 33.0 cm³/mol. The summed E-state index contributed by atoms with van der Waals surface area (Å²) in [7, 11) is 0. The fourth-order valence-electron chi connectivity index (χ4n) is 0.846. The largest absolute Gasteiger partial charge is 0.329 e. The molecule has 0 spiro atoms. The summed E-state index contributed by atoms with van der Waals surface area (Å²) in [5.41, 5.74) is 0. The lowest BCUT2D eigenvalue weighted by Gasteiger charge is -2.32. The van der Waals surface area contributed by atoms with Gasteiger partial charge in [-0.05, 0) is 0 Å². The SMILES string of the molecule is CC(=O)N1CC([N+](=O)[O-])C1.